The summed E-state index contributed by atoms with van der Waals surface area (Å²) in [6, 6.07) is 3.78. The molecule has 11 heteroatoms. The Balaban J connectivity index is 1.46. The highest BCUT2D eigenvalue weighted by Crippen LogP contribution is 2.40. The van der Waals surface area contributed by atoms with Crippen LogP contribution in [0.1, 0.15) is 61.9 Å². The number of aromatic amines is 1. The molecule has 0 bridgehead atoms. The summed E-state index contributed by atoms with van der Waals surface area (Å²) < 4.78 is 37.8. The Labute approximate surface area is 183 Å². The number of carbonyl (C=O) groups excluding carboxylic acids is 1. The lowest BCUT2D eigenvalue weighted by molar-refractivity contribution is -0.137. The number of hydrogen-bond acceptors (Lipinski definition) is 4. The predicted octanol–water partition coefficient (Wildman–Crippen LogP) is 4.32. The molecule has 2 amide bonds. The smallest absolute Gasteiger partial charge is 0.417 e. The molecule has 1 aliphatic rings. The van der Waals surface area contributed by atoms with Crippen LogP contribution in [0, 0.1) is 5.92 Å². The minimum atomic E-state index is -4.47. The van der Waals surface area contributed by atoms with Crippen molar-refractivity contribution in [3.63, 3.8) is 0 Å². The molecule has 2 aromatic rings. The maximum absolute atomic E-state index is 12.6. The largest absolute Gasteiger partial charge is 0.465 e. The molecular formula is C21H26F3N5O3. The lowest BCUT2D eigenvalue weighted by Gasteiger charge is -2.14. The van der Waals surface area contributed by atoms with Gasteiger partial charge in [0.15, 0.2) is 5.82 Å². The summed E-state index contributed by atoms with van der Waals surface area (Å²) in [5.74, 6) is 0.738. The molecule has 2 aromatic heterocycles. The number of nitrogens with one attached hydrogen (secondary N) is 3. The summed E-state index contributed by atoms with van der Waals surface area (Å²) in [4.78, 5) is 26.6. The topological polar surface area (TPSA) is 120 Å². The fourth-order valence-corrected chi connectivity index (χ4v) is 4.05. The van der Waals surface area contributed by atoms with Gasteiger partial charge in [-0.05, 0) is 57.1 Å². The van der Waals surface area contributed by atoms with Crippen molar-refractivity contribution >= 4 is 17.8 Å². The van der Waals surface area contributed by atoms with Crippen LogP contribution in [0.2, 0.25) is 0 Å². The van der Waals surface area contributed by atoms with Crippen molar-refractivity contribution < 1.29 is 27.9 Å². The average Bonchev–Trinajstić information content (AvgIpc) is 3.35. The Morgan fingerprint density at radius 1 is 1.31 bits per heavy atom. The van der Waals surface area contributed by atoms with Gasteiger partial charge < -0.3 is 15.7 Å². The Bertz CT molecular complexity index is 930. The summed E-state index contributed by atoms with van der Waals surface area (Å²) in [5, 5.41) is 20.9. The zero-order valence-electron chi connectivity index (χ0n) is 17.6. The molecule has 2 unspecified atom stereocenters. The zero-order valence-corrected chi connectivity index (χ0v) is 17.6. The van der Waals surface area contributed by atoms with Crippen molar-refractivity contribution in [2.45, 2.75) is 63.6 Å². The van der Waals surface area contributed by atoms with Crippen molar-refractivity contribution in [3.8, 4) is 0 Å². The van der Waals surface area contributed by atoms with Crippen LogP contribution in [0.15, 0.2) is 24.4 Å². The maximum atomic E-state index is 12.6. The van der Waals surface area contributed by atoms with Crippen LogP contribution in [-0.2, 0) is 17.4 Å². The molecule has 8 nitrogen and oxygen atoms in total. The number of carboxylic acid groups (broad SMARTS) is 1. The third-order valence-corrected chi connectivity index (χ3v) is 5.72. The molecule has 1 aliphatic carbocycles. The van der Waals surface area contributed by atoms with Gasteiger partial charge in [0.2, 0.25) is 5.91 Å². The molecular weight excluding hydrogens is 427 g/mol. The molecule has 0 aromatic carbocycles. The highest BCUT2D eigenvalue weighted by Gasteiger charge is 2.31. The Kier molecular flexibility index (Phi) is 7.37. The second-order valence-corrected chi connectivity index (χ2v) is 8.27. The molecule has 2 heterocycles. The number of halogens is 3. The van der Waals surface area contributed by atoms with E-state index < -0.39 is 23.7 Å². The Morgan fingerprint density at radius 2 is 2.09 bits per heavy atom. The van der Waals surface area contributed by atoms with Gasteiger partial charge in [0.05, 0.1) is 12.0 Å². The van der Waals surface area contributed by atoms with Crippen LogP contribution in [-0.4, -0.2) is 38.3 Å². The van der Waals surface area contributed by atoms with Crippen molar-refractivity contribution in [1.29, 1.82) is 0 Å². The molecule has 0 radical (unpaired) electrons. The van der Waals surface area contributed by atoms with Gasteiger partial charge in [-0.15, -0.1) is 0 Å². The summed E-state index contributed by atoms with van der Waals surface area (Å²) in [6.45, 7) is 1.85. The van der Waals surface area contributed by atoms with Crippen LogP contribution in [0.5, 0.6) is 0 Å². The second kappa shape index (κ2) is 10.0. The van der Waals surface area contributed by atoms with E-state index in [1.807, 2.05) is 6.92 Å². The number of carbonyl (C=O) groups is 2. The molecule has 0 aliphatic heterocycles. The first-order chi connectivity index (χ1) is 15.1. The van der Waals surface area contributed by atoms with E-state index in [1.165, 1.54) is 6.07 Å². The number of anilines is 1. The highest BCUT2D eigenvalue weighted by atomic mass is 19.4. The standard InChI is InChI=1S/C21H26F3N5O3/c1-12(26-20(31)32)2-3-13-4-5-14(8-13)17-10-18(29-28-17)27-19(30)9-16-7-6-15(11-25-16)21(22,23)24/h6-7,10-14,26H,2-5,8-9H2,1H3,(H,31,32)(H2,27,28,29,30)/t12-,13?,14?/m0/s1. The molecule has 0 spiro atoms. The van der Waals surface area contributed by atoms with E-state index in [-0.39, 0.29) is 24.1 Å². The Hall–Kier alpha value is -3.11. The van der Waals surface area contributed by atoms with Crippen molar-refractivity contribution in [2.24, 2.45) is 5.92 Å². The Morgan fingerprint density at radius 3 is 2.75 bits per heavy atom. The summed E-state index contributed by atoms with van der Waals surface area (Å²) >= 11 is 0. The maximum Gasteiger partial charge on any atom is 0.417 e. The summed E-state index contributed by atoms with van der Waals surface area (Å²) in [5.41, 5.74) is 0.296. The molecule has 0 saturated heterocycles. The van der Waals surface area contributed by atoms with Crippen molar-refractivity contribution in [1.82, 2.24) is 20.5 Å². The van der Waals surface area contributed by atoms with Gasteiger partial charge in [-0.2, -0.15) is 18.3 Å². The third-order valence-electron chi connectivity index (χ3n) is 5.72. The SMILES string of the molecule is C[C@@H](CCC1CCC(c2cc(NC(=O)Cc3ccc(C(F)(F)F)cn3)n[nH]2)C1)NC(=O)O. The van der Waals surface area contributed by atoms with Crippen LogP contribution < -0.4 is 10.6 Å². The molecule has 32 heavy (non-hydrogen) atoms. The number of hydrogen-bond donors (Lipinski definition) is 4. The lowest BCUT2D eigenvalue weighted by atomic mass is 9.96. The fraction of sp³-hybridized carbons (Fsp3) is 0.524. The second-order valence-electron chi connectivity index (χ2n) is 8.27. The number of pyridine rings is 1. The van der Waals surface area contributed by atoms with Crippen LogP contribution in [0.4, 0.5) is 23.8 Å². The van der Waals surface area contributed by atoms with E-state index in [9.17, 15) is 22.8 Å². The van der Waals surface area contributed by atoms with Gasteiger partial charge in [-0.3, -0.25) is 14.9 Å². The molecule has 1 saturated carbocycles. The fourth-order valence-electron chi connectivity index (χ4n) is 4.05. The first kappa shape index (κ1) is 23.6. The van der Waals surface area contributed by atoms with Crippen molar-refractivity contribution in [2.75, 3.05) is 5.32 Å². The molecule has 4 N–H and O–H groups in total. The third kappa shape index (κ3) is 6.69. The number of alkyl halides is 3. The number of amides is 2. The molecule has 1 fully saturated rings. The van der Waals surface area contributed by atoms with E-state index in [0.717, 1.165) is 43.9 Å². The quantitative estimate of drug-likeness (QED) is 0.474. The average molecular weight is 453 g/mol. The van der Waals surface area contributed by atoms with Gasteiger partial charge >= 0.3 is 12.3 Å². The number of nitrogens with zero attached hydrogens (tertiary/aromatic N) is 2. The van der Waals surface area contributed by atoms with E-state index in [2.05, 4.69) is 25.8 Å². The predicted molar refractivity (Wildman–Crippen MR) is 110 cm³/mol. The van der Waals surface area contributed by atoms with Gasteiger partial charge in [0, 0.05) is 35.6 Å². The molecule has 3 rings (SSSR count). The number of rotatable bonds is 8. The first-order valence-electron chi connectivity index (χ1n) is 10.5. The van der Waals surface area contributed by atoms with E-state index in [4.69, 9.17) is 5.11 Å². The van der Waals surface area contributed by atoms with Crippen LogP contribution in [0.3, 0.4) is 0 Å². The minimum Gasteiger partial charge on any atom is -0.465 e. The monoisotopic (exact) mass is 453 g/mol. The highest BCUT2D eigenvalue weighted by molar-refractivity contribution is 5.91. The van der Waals surface area contributed by atoms with Crippen molar-refractivity contribution in [3.05, 3.63) is 41.3 Å². The summed E-state index contributed by atoms with van der Waals surface area (Å²) in [6.07, 6.45) is -0.207. The zero-order chi connectivity index (χ0) is 23.3. The van der Waals surface area contributed by atoms with Crippen LogP contribution >= 0.6 is 0 Å². The number of H-pyrrole nitrogens is 1. The molecule has 174 valence electrons. The minimum absolute atomic E-state index is 0.0836. The van der Waals surface area contributed by atoms with E-state index in [0.29, 0.717) is 17.9 Å². The van der Waals surface area contributed by atoms with Gasteiger partial charge in [-0.25, -0.2) is 4.79 Å². The van der Waals surface area contributed by atoms with E-state index >= 15 is 0 Å². The van der Waals surface area contributed by atoms with Gasteiger partial charge in [0.25, 0.3) is 0 Å². The van der Waals surface area contributed by atoms with Crippen LogP contribution in [0.25, 0.3) is 0 Å². The normalized spacial score (nSPS) is 19.5. The summed E-state index contributed by atoms with van der Waals surface area (Å²) in [7, 11) is 0. The van der Waals surface area contributed by atoms with Gasteiger partial charge in [0.1, 0.15) is 0 Å². The molecule has 3 atom stereocenters. The number of aromatic nitrogens is 3. The first-order valence-corrected chi connectivity index (χ1v) is 10.5. The van der Waals surface area contributed by atoms with Gasteiger partial charge in [-0.1, -0.05) is 0 Å². The lowest BCUT2D eigenvalue weighted by Crippen LogP contribution is -2.31. The van der Waals surface area contributed by atoms with E-state index in [1.54, 1.807) is 6.07 Å².